The SMILES string of the molecule is CCCCCCCCCC[C@H](C)C(=O)NCCNC(=O)[C@@H](C)CCCCCCCCCC. The number of amides is 2. The minimum absolute atomic E-state index is 0.0617. The van der Waals surface area contributed by atoms with Gasteiger partial charge in [-0.15, -0.1) is 0 Å². The summed E-state index contributed by atoms with van der Waals surface area (Å²) in [7, 11) is 0. The molecule has 0 aromatic rings. The quantitative estimate of drug-likeness (QED) is 0.157. The Hall–Kier alpha value is -1.06. The monoisotopic (exact) mass is 452 g/mol. The third-order valence-electron chi connectivity index (χ3n) is 6.60. The van der Waals surface area contributed by atoms with Crippen molar-refractivity contribution >= 4 is 11.8 Å². The number of rotatable bonds is 23. The van der Waals surface area contributed by atoms with E-state index in [4.69, 9.17) is 0 Å². The van der Waals surface area contributed by atoms with Gasteiger partial charge in [0.25, 0.3) is 0 Å². The normalized spacial score (nSPS) is 13.0. The van der Waals surface area contributed by atoms with Gasteiger partial charge in [0.1, 0.15) is 0 Å². The summed E-state index contributed by atoms with van der Waals surface area (Å²) < 4.78 is 0. The molecule has 2 amide bonds. The van der Waals surface area contributed by atoms with E-state index in [1.54, 1.807) is 0 Å². The molecule has 32 heavy (non-hydrogen) atoms. The number of carbonyl (C=O) groups is 2. The summed E-state index contributed by atoms with van der Waals surface area (Å²) >= 11 is 0. The molecular formula is C28H56N2O2. The summed E-state index contributed by atoms with van der Waals surface area (Å²) in [6.07, 6.45) is 22.7. The van der Waals surface area contributed by atoms with Gasteiger partial charge in [0, 0.05) is 24.9 Å². The van der Waals surface area contributed by atoms with Crippen LogP contribution in [0.2, 0.25) is 0 Å². The van der Waals surface area contributed by atoms with Crippen LogP contribution in [0.15, 0.2) is 0 Å². The van der Waals surface area contributed by atoms with Crippen LogP contribution in [0.1, 0.15) is 143 Å². The van der Waals surface area contributed by atoms with Crippen molar-refractivity contribution in [2.75, 3.05) is 13.1 Å². The first-order valence-corrected chi connectivity index (χ1v) is 14.1. The Kier molecular flexibility index (Phi) is 22.3. The lowest BCUT2D eigenvalue weighted by Gasteiger charge is -2.14. The fourth-order valence-electron chi connectivity index (χ4n) is 4.15. The number of unbranched alkanes of at least 4 members (excludes halogenated alkanes) is 14. The standard InChI is InChI=1S/C28H56N2O2/c1-5-7-9-11-13-15-17-19-21-25(3)27(31)29-23-24-30-28(32)26(4)22-20-18-16-14-12-10-8-6-2/h25-26H,5-24H2,1-4H3,(H,29,31)(H,30,32)/t25-,26-/m0/s1. The third-order valence-corrected chi connectivity index (χ3v) is 6.60. The Bertz CT molecular complexity index is 399. The minimum Gasteiger partial charge on any atom is -0.354 e. The molecule has 0 aliphatic rings. The van der Waals surface area contributed by atoms with Crippen LogP contribution in [0, 0.1) is 11.8 Å². The molecule has 0 heterocycles. The number of nitrogens with one attached hydrogen (secondary N) is 2. The zero-order valence-electron chi connectivity index (χ0n) is 22.1. The van der Waals surface area contributed by atoms with Crippen LogP contribution in [0.3, 0.4) is 0 Å². The van der Waals surface area contributed by atoms with Gasteiger partial charge in [-0.3, -0.25) is 9.59 Å². The molecule has 0 bridgehead atoms. The summed E-state index contributed by atoms with van der Waals surface area (Å²) in [5, 5.41) is 5.96. The maximum absolute atomic E-state index is 12.2. The molecular weight excluding hydrogens is 396 g/mol. The lowest BCUT2D eigenvalue weighted by Crippen LogP contribution is -2.38. The fourth-order valence-corrected chi connectivity index (χ4v) is 4.15. The van der Waals surface area contributed by atoms with Crippen LogP contribution in [0.5, 0.6) is 0 Å². The molecule has 0 saturated carbocycles. The Labute approximate surface area is 200 Å². The molecule has 0 aliphatic heterocycles. The van der Waals surface area contributed by atoms with E-state index in [1.807, 2.05) is 13.8 Å². The van der Waals surface area contributed by atoms with Crippen molar-refractivity contribution < 1.29 is 9.59 Å². The largest absolute Gasteiger partial charge is 0.354 e. The topological polar surface area (TPSA) is 58.2 Å². The van der Waals surface area contributed by atoms with Gasteiger partial charge in [0.05, 0.1) is 0 Å². The van der Waals surface area contributed by atoms with Crippen LogP contribution >= 0.6 is 0 Å². The van der Waals surface area contributed by atoms with Crippen molar-refractivity contribution in [1.29, 1.82) is 0 Å². The molecule has 2 N–H and O–H groups in total. The second-order valence-corrected chi connectivity index (χ2v) is 9.91. The molecule has 0 fully saturated rings. The maximum Gasteiger partial charge on any atom is 0.222 e. The summed E-state index contributed by atoms with van der Waals surface area (Å²) in [5.41, 5.74) is 0. The van der Waals surface area contributed by atoms with E-state index in [0.717, 1.165) is 25.7 Å². The van der Waals surface area contributed by atoms with Crippen molar-refractivity contribution in [2.45, 2.75) is 143 Å². The van der Waals surface area contributed by atoms with Crippen molar-refractivity contribution in [2.24, 2.45) is 11.8 Å². The molecule has 0 unspecified atom stereocenters. The van der Waals surface area contributed by atoms with E-state index in [-0.39, 0.29) is 23.7 Å². The summed E-state index contributed by atoms with van der Waals surface area (Å²) in [5.74, 6) is 0.363. The first kappa shape index (κ1) is 30.9. The highest BCUT2D eigenvalue weighted by Crippen LogP contribution is 2.14. The van der Waals surface area contributed by atoms with Crippen molar-refractivity contribution in [3.8, 4) is 0 Å². The summed E-state index contributed by atoms with van der Waals surface area (Å²) in [4.78, 5) is 24.4. The zero-order valence-corrected chi connectivity index (χ0v) is 22.1. The first-order chi connectivity index (χ1) is 15.5. The van der Waals surface area contributed by atoms with Gasteiger partial charge in [-0.1, -0.05) is 130 Å². The van der Waals surface area contributed by atoms with Gasteiger partial charge in [0.2, 0.25) is 11.8 Å². The lowest BCUT2D eigenvalue weighted by atomic mass is 10.0. The van der Waals surface area contributed by atoms with Crippen LogP contribution in [0.4, 0.5) is 0 Å². The fraction of sp³-hybridized carbons (Fsp3) is 0.929. The Balaban J connectivity index is 3.60. The number of hydrogen-bond acceptors (Lipinski definition) is 2. The molecule has 4 heteroatoms. The highest BCUT2D eigenvalue weighted by Gasteiger charge is 2.14. The predicted octanol–water partition coefficient (Wildman–Crippen LogP) is 7.55. The van der Waals surface area contributed by atoms with Gasteiger partial charge < -0.3 is 10.6 Å². The lowest BCUT2D eigenvalue weighted by molar-refractivity contribution is -0.126. The van der Waals surface area contributed by atoms with Gasteiger partial charge in [0.15, 0.2) is 0 Å². The van der Waals surface area contributed by atoms with Crippen LogP contribution in [-0.4, -0.2) is 24.9 Å². The van der Waals surface area contributed by atoms with Crippen LogP contribution in [0.25, 0.3) is 0 Å². The highest BCUT2D eigenvalue weighted by molar-refractivity contribution is 5.79. The molecule has 0 rings (SSSR count). The summed E-state index contributed by atoms with van der Waals surface area (Å²) in [6, 6.07) is 0. The number of carbonyl (C=O) groups excluding carboxylic acids is 2. The first-order valence-electron chi connectivity index (χ1n) is 14.1. The van der Waals surface area contributed by atoms with E-state index in [0.29, 0.717) is 13.1 Å². The van der Waals surface area contributed by atoms with Crippen LogP contribution in [-0.2, 0) is 9.59 Å². The minimum atomic E-state index is 0.0617. The van der Waals surface area contributed by atoms with E-state index >= 15 is 0 Å². The molecule has 0 aromatic heterocycles. The molecule has 0 spiro atoms. The molecule has 0 radical (unpaired) electrons. The maximum atomic E-state index is 12.2. The van der Waals surface area contributed by atoms with Gasteiger partial charge in [-0.05, 0) is 12.8 Å². The van der Waals surface area contributed by atoms with Gasteiger partial charge in [-0.2, -0.15) is 0 Å². The number of hydrogen-bond donors (Lipinski definition) is 2. The highest BCUT2D eigenvalue weighted by atomic mass is 16.2. The van der Waals surface area contributed by atoms with E-state index < -0.39 is 0 Å². The van der Waals surface area contributed by atoms with Crippen molar-refractivity contribution in [3.05, 3.63) is 0 Å². The molecule has 2 atom stereocenters. The van der Waals surface area contributed by atoms with E-state index in [2.05, 4.69) is 24.5 Å². The predicted molar refractivity (Wildman–Crippen MR) is 139 cm³/mol. The van der Waals surface area contributed by atoms with Crippen LogP contribution < -0.4 is 10.6 Å². The Morgan fingerprint density at radius 3 is 1.09 bits per heavy atom. The second-order valence-electron chi connectivity index (χ2n) is 9.91. The van der Waals surface area contributed by atoms with E-state index in [1.165, 1.54) is 89.9 Å². The average Bonchev–Trinajstić information content (AvgIpc) is 2.79. The molecule has 0 saturated heterocycles. The summed E-state index contributed by atoms with van der Waals surface area (Å²) in [6.45, 7) is 9.58. The molecule has 190 valence electrons. The molecule has 4 nitrogen and oxygen atoms in total. The molecule has 0 aliphatic carbocycles. The van der Waals surface area contributed by atoms with E-state index in [9.17, 15) is 9.59 Å². The third kappa shape index (κ3) is 19.6. The van der Waals surface area contributed by atoms with Gasteiger partial charge >= 0.3 is 0 Å². The zero-order chi connectivity index (χ0) is 23.9. The van der Waals surface area contributed by atoms with Crippen molar-refractivity contribution in [3.63, 3.8) is 0 Å². The molecule has 0 aromatic carbocycles. The van der Waals surface area contributed by atoms with Gasteiger partial charge in [-0.25, -0.2) is 0 Å². The van der Waals surface area contributed by atoms with Crippen molar-refractivity contribution in [1.82, 2.24) is 10.6 Å². The smallest absolute Gasteiger partial charge is 0.222 e. The Morgan fingerprint density at radius 1 is 0.500 bits per heavy atom. The second kappa shape index (κ2) is 23.1. The average molecular weight is 453 g/mol. The Morgan fingerprint density at radius 2 is 0.781 bits per heavy atom.